The minimum atomic E-state index is -4.68. The van der Waals surface area contributed by atoms with Crippen molar-refractivity contribution in [3.63, 3.8) is 0 Å². The lowest BCUT2D eigenvalue weighted by Gasteiger charge is -2.25. The lowest BCUT2D eigenvalue weighted by atomic mass is 9.94. The van der Waals surface area contributed by atoms with E-state index < -0.39 is 50.9 Å². The number of oxime groups is 1. The van der Waals surface area contributed by atoms with E-state index in [0.717, 1.165) is 10.9 Å². The van der Waals surface area contributed by atoms with Gasteiger partial charge in [-0.15, -0.1) is 0 Å². The van der Waals surface area contributed by atoms with Crippen molar-refractivity contribution < 1.29 is 37.5 Å². The first-order chi connectivity index (χ1) is 23.0. The highest BCUT2D eigenvalue weighted by Gasteiger charge is 2.54. The van der Waals surface area contributed by atoms with Crippen molar-refractivity contribution in [3.05, 3.63) is 78.4 Å². The third-order valence-electron chi connectivity index (χ3n) is 8.61. The van der Waals surface area contributed by atoms with Crippen molar-refractivity contribution in [1.29, 1.82) is 0 Å². The number of aliphatic carboxylic acids is 1. The number of fused-ring (bicyclic) bond motifs is 1. The van der Waals surface area contributed by atoms with Gasteiger partial charge in [-0.25, -0.2) is 18.0 Å². The number of nitrogens with one attached hydrogen (secondary N) is 3. The molecule has 3 aliphatic rings. The van der Waals surface area contributed by atoms with E-state index in [1.807, 2.05) is 30.3 Å². The molecule has 1 spiro atoms. The number of likely N-dealkylation sites (tertiary alicyclic amines) is 1. The number of sulfone groups is 1. The van der Waals surface area contributed by atoms with Crippen LogP contribution in [-0.2, 0) is 35.6 Å². The smallest absolute Gasteiger partial charge is 0.410 e. The second kappa shape index (κ2) is 13.1. The summed E-state index contributed by atoms with van der Waals surface area (Å²) in [4.78, 5) is 47.3. The SMILES string of the molecule is N[C@](CNC(=O)C1=NOC2(C1)CC(CNC1=NCCN1)N(C(=O)OCc1ccccc1)C2)(C(=O)O)S(=O)(=O)c1ccc2ccccc2c1. The maximum absolute atomic E-state index is 13.5. The number of hydrogen-bond donors (Lipinski definition) is 5. The summed E-state index contributed by atoms with van der Waals surface area (Å²) in [6.45, 7) is 0.825. The van der Waals surface area contributed by atoms with Gasteiger partial charge in [0.25, 0.3) is 5.91 Å². The number of benzene rings is 3. The van der Waals surface area contributed by atoms with E-state index in [0.29, 0.717) is 37.4 Å². The summed E-state index contributed by atoms with van der Waals surface area (Å²) in [7, 11) is -4.68. The van der Waals surface area contributed by atoms with E-state index in [4.69, 9.17) is 15.3 Å². The van der Waals surface area contributed by atoms with Crippen LogP contribution in [0.5, 0.6) is 0 Å². The molecular formula is C32H35N7O8S. The molecule has 3 heterocycles. The Balaban J connectivity index is 1.13. The molecule has 0 aromatic heterocycles. The number of nitrogens with zero attached hydrogens (tertiary/aromatic N) is 3. The molecule has 3 aromatic rings. The molecule has 3 aliphatic heterocycles. The van der Waals surface area contributed by atoms with E-state index in [9.17, 15) is 27.9 Å². The molecule has 15 nitrogen and oxygen atoms in total. The van der Waals surface area contributed by atoms with Gasteiger partial charge in [-0.05, 0) is 28.5 Å². The zero-order valence-electron chi connectivity index (χ0n) is 25.8. The number of carboxylic acid groups (broad SMARTS) is 1. The fourth-order valence-electron chi connectivity index (χ4n) is 5.95. The zero-order valence-corrected chi connectivity index (χ0v) is 26.6. The number of ether oxygens (including phenoxy) is 1. The van der Waals surface area contributed by atoms with E-state index in [1.165, 1.54) is 17.0 Å². The van der Waals surface area contributed by atoms with Crippen LogP contribution < -0.4 is 21.7 Å². The molecular weight excluding hydrogens is 642 g/mol. The standard InChI is InChI=1S/C32H35N7O8S/c33-32(28(41)42,48(44,45)25-11-10-22-8-4-5-9-23(22)14-25)19-37-27(40)26-16-31(47-38-26)15-24(17-36-29-34-12-13-35-29)39(20-31)30(43)46-18-21-6-2-1-3-7-21/h1-11,14,24H,12-13,15-20,33H2,(H,37,40)(H,41,42)(H2,34,35,36)/t24?,31?,32-/m0/s1. The first-order valence-electron chi connectivity index (χ1n) is 15.3. The van der Waals surface area contributed by atoms with Gasteiger partial charge in [0.1, 0.15) is 12.3 Å². The third kappa shape index (κ3) is 6.48. The Bertz CT molecular complexity index is 1900. The predicted molar refractivity (Wildman–Crippen MR) is 175 cm³/mol. The predicted octanol–water partition coefficient (Wildman–Crippen LogP) is 0.944. The largest absolute Gasteiger partial charge is 0.479 e. The summed E-state index contributed by atoms with van der Waals surface area (Å²) < 4.78 is 32.7. The van der Waals surface area contributed by atoms with Gasteiger partial charge in [-0.3, -0.25) is 14.7 Å². The Kier molecular flexibility index (Phi) is 8.94. The molecule has 1 saturated heterocycles. The molecule has 48 heavy (non-hydrogen) atoms. The number of nitrogens with two attached hydrogens (primary N) is 1. The van der Waals surface area contributed by atoms with Gasteiger partial charge in [0, 0.05) is 25.9 Å². The lowest BCUT2D eigenvalue weighted by molar-refractivity contribution is -0.139. The zero-order chi connectivity index (χ0) is 33.9. The molecule has 0 saturated carbocycles. The average molecular weight is 678 g/mol. The topological polar surface area (TPSA) is 214 Å². The summed E-state index contributed by atoms with van der Waals surface area (Å²) in [5, 5.41) is 23.9. The number of amides is 2. The fraction of sp³-hybridized carbons (Fsp3) is 0.344. The normalized spacial score (nSPS) is 21.5. The van der Waals surface area contributed by atoms with E-state index >= 15 is 0 Å². The molecule has 6 N–H and O–H groups in total. The van der Waals surface area contributed by atoms with Crippen molar-refractivity contribution in [2.45, 2.75) is 40.9 Å². The Morgan fingerprint density at radius 1 is 1.10 bits per heavy atom. The second-order valence-corrected chi connectivity index (χ2v) is 14.1. The van der Waals surface area contributed by atoms with Crippen LogP contribution >= 0.6 is 0 Å². The first-order valence-corrected chi connectivity index (χ1v) is 16.8. The minimum absolute atomic E-state index is 0.0287. The number of carbonyl (C=O) groups excluding carboxylic acids is 2. The Hall–Kier alpha value is -5.22. The Labute approximate surface area is 276 Å². The van der Waals surface area contributed by atoms with Crippen molar-refractivity contribution in [1.82, 2.24) is 20.9 Å². The van der Waals surface area contributed by atoms with Crippen LogP contribution in [0.15, 0.2) is 87.8 Å². The number of guanidine groups is 1. The van der Waals surface area contributed by atoms with Gasteiger partial charge < -0.3 is 36.4 Å². The quantitative estimate of drug-likeness (QED) is 0.204. The summed E-state index contributed by atoms with van der Waals surface area (Å²) >= 11 is 0. The number of carbonyl (C=O) groups is 3. The highest BCUT2D eigenvalue weighted by Crippen LogP contribution is 2.38. The molecule has 252 valence electrons. The molecule has 16 heteroatoms. The van der Waals surface area contributed by atoms with Gasteiger partial charge in [0.05, 0.1) is 30.6 Å². The molecule has 1 fully saturated rings. The van der Waals surface area contributed by atoms with Crippen molar-refractivity contribution >= 4 is 50.3 Å². The van der Waals surface area contributed by atoms with Gasteiger partial charge in [-0.1, -0.05) is 65.8 Å². The van der Waals surface area contributed by atoms with Crippen molar-refractivity contribution in [3.8, 4) is 0 Å². The summed E-state index contributed by atoms with van der Waals surface area (Å²) in [6.07, 6.45) is -0.307. The molecule has 3 aromatic carbocycles. The maximum Gasteiger partial charge on any atom is 0.410 e. The highest BCUT2D eigenvalue weighted by atomic mass is 32.2. The summed E-state index contributed by atoms with van der Waals surface area (Å²) in [5.41, 5.74) is 5.68. The summed E-state index contributed by atoms with van der Waals surface area (Å²) in [6, 6.07) is 20.0. The minimum Gasteiger partial charge on any atom is -0.479 e. The van der Waals surface area contributed by atoms with E-state index in [-0.39, 0.29) is 30.2 Å². The maximum atomic E-state index is 13.5. The molecule has 0 radical (unpaired) electrons. The molecule has 0 bridgehead atoms. The van der Waals surface area contributed by atoms with Crippen molar-refractivity contribution in [2.24, 2.45) is 15.9 Å². The lowest BCUT2D eigenvalue weighted by Crippen LogP contribution is -2.61. The number of hydrogen-bond acceptors (Lipinski definition) is 12. The van der Waals surface area contributed by atoms with Crippen LogP contribution in [0.25, 0.3) is 10.8 Å². The van der Waals surface area contributed by atoms with Gasteiger partial charge in [-0.2, -0.15) is 0 Å². The molecule has 3 atom stereocenters. The second-order valence-electron chi connectivity index (χ2n) is 11.9. The van der Waals surface area contributed by atoms with Crippen LogP contribution in [0.4, 0.5) is 4.79 Å². The van der Waals surface area contributed by atoms with Gasteiger partial charge in [0.2, 0.25) is 14.7 Å². The number of rotatable bonds is 10. The number of aliphatic imine (C=N–C) groups is 1. The van der Waals surface area contributed by atoms with Gasteiger partial charge in [0.15, 0.2) is 11.6 Å². The third-order valence-corrected chi connectivity index (χ3v) is 10.8. The Morgan fingerprint density at radius 2 is 1.85 bits per heavy atom. The summed E-state index contributed by atoms with van der Waals surface area (Å²) in [5.74, 6) is -2.07. The fourth-order valence-corrected chi connectivity index (χ4v) is 7.40. The van der Waals surface area contributed by atoms with E-state index in [2.05, 4.69) is 26.1 Å². The van der Waals surface area contributed by atoms with Crippen LogP contribution in [0.1, 0.15) is 18.4 Å². The van der Waals surface area contributed by atoms with Crippen molar-refractivity contribution in [2.75, 3.05) is 32.7 Å². The molecule has 0 aliphatic carbocycles. The van der Waals surface area contributed by atoms with Crippen LogP contribution in [0.2, 0.25) is 0 Å². The van der Waals surface area contributed by atoms with Gasteiger partial charge >= 0.3 is 12.1 Å². The first kappa shape index (κ1) is 32.7. The Morgan fingerprint density at radius 3 is 2.58 bits per heavy atom. The van der Waals surface area contributed by atoms with Crippen LogP contribution in [-0.4, -0.2) is 97.3 Å². The average Bonchev–Trinajstić information content (AvgIpc) is 3.85. The number of carboxylic acids is 1. The molecule has 2 unspecified atom stereocenters. The van der Waals surface area contributed by atoms with E-state index in [1.54, 1.807) is 30.3 Å². The van der Waals surface area contributed by atoms with Crippen LogP contribution in [0, 0.1) is 0 Å². The monoisotopic (exact) mass is 677 g/mol. The molecule has 2 amide bonds. The highest BCUT2D eigenvalue weighted by molar-refractivity contribution is 7.93. The van der Waals surface area contributed by atoms with Crippen LogP contribution in [0.3, 0.4) is 0 Å². The molecule has 6 rings (SSSR count).